The van der Waals surface area contributed by atoms with Gasteiger partial charge in [0.05, 0.1) is 5.25 Å². The fraction of sp³-hybridized carbons (Fsp3) is 0.486. The fourth-order valence-electron chi connectivity index (χ4n) is 4.64. The SMILES string of the molecule is CCC=CCC=CCC=CCC=CCC=CCCCCS[C@@H](CC)C(=O)C1C(=O)O[C@H](c2ccccc2)[C@@H]1C. The van der Waals surface area contributed by atoms with Crippen molar-refractivity contribution in [2.24, 2.45) is 11.8 Å². The molecule has 4 atom stereocenters. The van der Waals surface area contributed by atoms with Crippen molar-refractivity contribution in [2.75, 3.05) is 5.75 Å². The van der Waals surface area contributed by atoms with E-state index in [9.17, 15) is 9.59 Å². The standard InChI is InChI=1S/C35H48O3S/c1-4-6-7-8-9-10-11-12-13-14-15-16-17-18-19-20-21-25-28-39-31(5-2)33(36)32-29(3)34(38-35(32)37)30-26-23-22-24-27-30/h6-7,9-10,12-13,15-16,18-19,22-24,26-27,29,31-32,34H,4-5,8,11,14,17,20-21,25,28H2,1-3H3/t29-,31+,32?,34+/m1/s1. The zero-order chi connectivity index (χ0) is 28.1. The van der Waals surface area contributed by atoms with Gasteiger partial charge in [0.1, 0.15) is 12.0 Å². The third kappa shape index (κ3) is 12.4. The van der Waals surface area contributed by atoms with E-state index in [0.717, 1.165) is 69.1 Å². The summed E-state index contributed by atoms with van der Waals surface area (Å²) in [5, 5.41) is -0.145. The van der Waals surface area contributed by atoms with E-state index in [1.807, 2.05) is 44.2 Å². The number of Topliss-reactive ketones (excluding diaryl/α,β-unsaturated/α-hetero) is 1. The minimum absolute atomic E-state index is 0.0382. The molecule has 1 aromatic carbocycles. The third-order valence-electron chi connectivity index (χ3n) is 6.87. The lowest BCUT2D eigenvalue weighted by Gasteiger charge is -2.20. The van der Waals surface area contributed by atoms with E-state index < -0.39 is 5.92 Å². The molecule has 3 nitrogen and oxygen atoms in total. The quantitative estimate of drug-likeness (QED) is 0.0747. The number of rotatable bonds is 19. The van der Waals surface area contributed by atoms with Crippen molar-refractivity contribution in [3.8, 4) is 0 Å². The predicted molar refractivity (Wildman–Crippen MR) is 168 cm³/mol. The van der Waals surface area contributed by atoms with Gasteiger partial charge in [-0.2, -0.15) is 11.8 Å². The smallest absolute Gasteiger partial charge is 0.317 e. The predicted octanol–water partition coefficient (Wildman–Crippen LogP) is 9.54. The van der Waals surface area contributed by atoms with Crippen LogP contribution in [-0.4, -0.2) is 22.8 Å². The Bertz CT molecular complexity index is 973. The van der Waals surface area contributed by atoms with E-state index in [1.165, 1.54) is 0 Å². The molecule has 1 saturated heterocycles. The van der Waals surface area contributed by atoms with E-state index in [1.54, 1.807) is 11.8 Å². The van der Waals surface area contributed by atoms with Crippen LogP contribution >= 0.6 is 11.8 Å². The summed E-state index contributed by atoms with van der Waals surface area (Å²) in [7, 11) is 0. The van der Waals surface area contributed by atoms with Gasteiger partial charge in [-0.15, -0.1) is 0 Å². The van der Waals surface area contributed by atoms with Gasteiger partial charge in [0.15, 0.2) is 5.78 Å². The largest absolute Gasteiger partial charge is 0.457 e. The van der Waals surface area contributed by atoms with E-state index >= 15 is 0 Å². The maximum absolute atomic E-state index is 13.2. The van der Waals surface area contributed by atoms with Crippen LogP contribution in [0.25, 0.3) is 0 Å². The summed E-state index contributed by atoms with van der Waals surface area (Å²) in [4.78, 5) is 25.9. The molecular weight excluding hydrogens is 500 g/mol. The Morgan fingerprint density at radius 3 is 1.97 bits per heavy atom. The summed E-state index contributed by atoms with van der Waals surface area (Å²) in [5.74, 6) is -0.186. The van der Waals surface area contributed by atoms with Gasteiger partial charge in [-0.05, 0) is 69.1 Å². The van der Waals surface area contributed by atoms with Gasteiger partial charge in [-0.3, -0.25) is 9.59 Å². The summed E-state index contributed by atoms with van der Waals surface area (Å²) in [6.07, 6.45) is 30.9. The third-order valence-corrected chi connectivity index (χ3v) is 8.36. The Morgan fingerprint density at radius 1 is 0.846 bits per heavy atom. The number of carbonyl (C=O) groups is 2. The normalized spacial score (nSPS) is 20.8. The highest BCUT2D eigenvalue weighted by atomic mass is 32.2. The Morgan fingerprint density at radius 2 is 1.41 bits per heavy atom. The molecule has 4 heteroatoms. The molecule has 0 amide bonds. The van der Waals surface area contributed by atoms with Gasteiger partial charge in [0.25, 0.3) is 0 Å². The van der Waals surface area contributed by atoms with E-state index in [-0.39, 0.29) is 29.0 Å². The maximum atomic E-state index is 13.2. The molecule has 212 valence electrons. The van der Waals surface area contributed by atoms with Crippen LogP contribution in [0.15, 0.2) is 91.1 Å². The first-order valence-electron chi connectivity index (χ1n) is 14.8. The van der Waals surface area contributed by atoms with E-state index in [4.69, 9.17) is 4.74 Å². The second-order valence-electron chi connectivity index (χ2n) is 9.98. The van der Waals surface area contributed by atoms with E-state index in [2.05, 4.69) is 67.7 Å². The van der Waals surface area contributed by atoms with Gasteiger partial charge in [-0.25, -0.2) is 0 Å². The van der Waals surface area contributed by atoms with E-state index in [0.29, 0.717) is 0 Å². The number of ether oxygens (including phenoxy) is 1. The highest BCUT2D eigenvalue weighted by Crippen LogP contribution is 2.41. The topological polar surface area (TPSA) is 43.4 Å². The number of allylic oxidation sites excluding steroid dienone is 10. The number of carbonyl (C=O) groups excluding carboxylic acids is 2. The Balaban J connectivity index is 1.57. The molecular formula is C35H48O3S. The zero-order valence-corrected chi connectivity index (χ0v) is 25.0. The number of thioether (sulfide) groups is 1. The number of esters is 1. The van der Waals surface area contributed by atoms with Crippen LogP contribution in [0.2, 0.25) is 0 Å². The minimum atomic E-state index is -0.658. The van der Waals surface area contributed by atoms with Crippen molar-refractivity contribution >= 4 is 23.5 Å². The lowest BCUT2D eigenvalue weighted by molar-refractivity contribution is -0.147. The van der Waals surface area contributed by atoms with Crippen molar-refractivity contribution in [1.29, 1.82) is 0 Å². The van der Waals surface area contributed by atoms with Crippen molar-refractivity contribution in [2.45, 2.75) is 89.9 Å². The van der Waals surface area contributed by atoms with Crippen LogP contribution < -0.4 is 0 Å². The number of ketones is 1. The second-order valence-corrected chi connectivity index (χ2v) is 11.3. The molecule has 0 spiro atoms. The number of cyclic esters (lactones) is 1. The number of benzene rings is 1. The monoisotopic (exact) mass is 548 g/mol. The number of unbranched alkanes of at least 4 members (excludes halogenated alkanes) is 2. The van der Waals surface area contributed by atoms with Crippen LogP contribution in [0.3, 0.4) is 0 Å². The Labute approximate surface area is 241 Å². The van der Waals surface area contributed by atoms with Crippen LogP contribution in [-0.2, 0) is 14.3 Å². The van der Waals surface area contributed by atoms with Gasteiger partial charge in [0, 0.05) is 5.92 Å². The van der Waals surface area contributed by atoms with Crippen LogP contribution in [0.4, 0.5) is 0 Å². The zero-order valence-electron chi connectivity index (χ0n) is 24.2. The first kappa shape index (κ1) is 32.6. The lowest BCUT2D eigenvalue weighted by Crippen LogP contribution is -2.32. The molecule has 1 unspecified atom stereocenters. The molecule has 1 aliphatic heterocycles. The maximum Gasteiger partial charge on any atom is 0.317 e. The van der Waals surface area contributed by atoms with Gasteiger partial charge in [-0.1, -0.05) is 112 Å². The Hall–Kier alpha value is -2.59. The van der Waals surface area contributed by atoms with Gasteiger partial charge in [0.2, 0.25) is 0 Å². The molecule has 0 bridgehead atoms. The van der Waals surface area contributed by atoms with Crippen molar-refractivity contribution in [1.82, 2.24) is 0 Å². The average Bonchev–Trinajstić information content (AvgIpc) is 3.25. The highest BCUT2D eigenvalue weighted by molar-refractivity contribution is 8.00. The second kappa shape index (κ2) is 20.3. The van der Waals surface area contributed by atoms with Crippen molar-refractivity contribution in [3.63, 3.8) is 0 Å². The minimum Gasteiger partial charge on any atom is -0.457 e. The molecule has 39 heavy (non-hydrogen) atoms. The highest BCUT2D eigenvalue weighted by Gasteiger charge is 2.48. The molecule has 1 heterocycles. The van der Waals surface area contributed by atoms with Crippen LogP contribution in [0.1, 0.15) is 90.2 Å². The first-order chi connectivity index (χ1) is 19.1. The number of hydrogen-bond acceptors (Lipinski definition) is 4. The summed E-state index contributed by atoms with van der Waals surface area (Å²) >= 11 is 1.70. The molecule has 1 aromatic rings. The van der Waals surface area contributed by atoms with Crippen molar-refractivity contribution in [3.05, 3.63) is 96.7 Å². The number of hydrogen-bond donors (Lipinski definition) is 0. The molecule has 0 aromatic heterocycles. The summed E-state index contributed by atoms with van der Waals surface area (Å²) < 4.78 is 5.64. The summed E-state index contributed by atoms with van der Waals surface area (Å²) in [6.45, 7) is 6.15. The van der Waals surface area contributed by atoms with Crippen LogP contribution in [0.5, 0.6) is 0 Å². The molecule has 1 fully saturated rings. The summed E-state index contributed by atoms with van der Waals surface area (Å²) in [5.41, 5.74) is 0.962. The molecule has 0 saturated carbocycles. The van der Waals surface area contributed by atoms with Gasteiger partial charge >= 0.3 is 5.97 Å². The Kier molecular flexibility index (Phi) is 17.0. The fourth-order valence-corrected chi connectivity index (χ4v) is 5.85. The molecule has 0 aliphatic carbocycles. The average molecular weight is 549 g/mol. The summed E-state index contributed by atoms with van der Waals surface area (Å²) in [6, 6.07) is 9.75. The molecule has 2 rings (SSSR count). The molecule has 0 radical (unpaired) electrons. The lowest BCUT2D eigenvalue weighted by atomic mass is 9.84. The molecule has 1 aliphatic rings. The first-order valence-corrected chi connectivity index (χ1v) is 15.8. The van der Waals surface area contributed by atoms with Crippen LogP contribution in [0, 0.1) is 11.8 Å². The molecule has 0 N–H and O–H groups in total. The van der Waals surface area contributed by atoms with Gasteiger partial charge < -0.3 is 4.74 Å². The van der Waals surface area contributed by atoms with Crippen molar-refractivity contribution < 1.29 is 14.3 Å².